The van der Waals surface area contributed by atoms with Gasteiger partial charge < -0.3 is 9.51 Å². The number of hydrogen-bond donors (Lipinski definition) is 1. The Hall–Kier alpha value is -3.43. The van der Waals surface area contributed by atoms with Crippen molar-refractivity contribution in [3.05, 3.63) is 71.1 Å². The molecule has 0 radical (unpaired) electrons. The van der Waals surface area contributed by atoms with E-state index in [1.54, 1.807) is 30.3 Å². The fourth-order valence-corrected chi connectivity index (χ4v) is 2.91. The molecule has 26 heavy (non-hydrogen) atoms. The maximum Gasteiger partial charge on any atom is 0.209 e. The largest absolute Gasteiger partial charge is 0.356 e. The van der Waals surface area contributed by atoms with Crippen molar-refractivity contribution in [2.75, 3.05) is 0 Å². The first-order chi connectivity index (χ1) is 12.7. The number of ketones is 1. The highest BCUT2D eigenvalue weighted by atomic mass is 35.5. The summed E-state index contributed by atoms with van der Waals surface area (Å²) in [5, 5.41) is 13.8. The summed E-state index contributed by atoms with van der Waals surface area (Å²) in [5.41, 5.74) is 2.12. The lowest BCUT2D eigenvalue weighted by atomic mass is 10.0. The summed E-state index contributed by atoms with van der Waals surface area (Å²) >= 11 is 6.14. The fraction of sp³-hybridized carbons (Fsp3) is 0.0526. The van der Waals surface area contributed by atoms with E-state index in [2.05, 4.69) is 15.1 Å². The third kappa shape index (κ3) is 2.75. The number of benzene rings is 2. The Morgan fingerprint density at radius 1 is 1.19 bits per heavy atom. The van der Waals surface area contributed by atoms with Gasteiger partial charge in [0.1, 0.15) is 5.82 Å². The molecule has 7 heteroatoms. The summed E-state index contributed by atoms with van der Waals surface area (Å²) in [4.78, 5) is 20.1. The van der Waals surface area contributed by atoms with Crippen molar-refractivity contribution in [1.29, 1.82) is 5.26 Å². The van der Waals surface area contributed by atoms with Crippen molar-refractivity contribution < 1.29 is 9.32 Å². The molecule has 1 N–H and O–H groups in total. The van der Waals surface area contributed by atoms with Gasteiger partial charge >= 0.3 is 0 Å². The molecule has 4 aromatic rings. The smallest absolute Gasteiger partial charge is 0.209 e. The average Bonchev–Trinajstić information content (AvgIpc) is 3.29. The van der Waals surface area contributed by atoms with E-state index in [-0.39, 0.29) is 11.5 Å². The van der Waals surface area contributed by atoms with Crippen molar-refractivity contribution in [3.63, 3.8) is 0 Å². The lowest BCUT2D eigenvalue weighted by Crippen LogP contribution is -2.13. The molecular formula is C19H11ClN4O2. The zero-order valence-corrected chi connectivity index (χ0v) is 14.1. The Kier molecular flexibility index (Phi) is 3.99. The van der Waals surface area contributed by atoms with E-state index in [1.807, 2.05) is 24.3 Å². The van der Waals surface area contributed by atoms with Crippen LogP contribution in [0, 0.1) is 11.3 Å². The molecule has 0 unspecified atom stereocenters. The number of H-pyrrole nitrogens is 1. The highest BCUT2D eigenvalue weighted by Gasteiger charge is 2.28. The number of aromatic amines is 1. The van der Waals surface area contributed by atoms with Crippen LogP contribution in [0.25, 0.3) is 22.4 Å². The number of imidazole rings is 1. The van der Waals surface area contributed by atoms with Gasteiger partial charge in [-0.1, -0.05) is 41.0 Å². The van der Waals surface area contributed by atoms with Crippen LogP contribution in [-0.2, 0) is 0 Å². The summed E-state index contributed by atoms with van der Waals surface area (Å²) in [6.45, 7) is 0. The number of Topliss-reactive ketones (excluding diaryl/α,β-unsaturated/α-hetero) is 1. The molecule has 2 heterocycles. The van der Waals surface area contributed by atoms with Gasteiger partial charge in [-0.3, -0.25) is 4.79 Å². The van der Waals surface area contributed by atoms with Gasteiger partial charge in [0, 0.05) is 11.6 Å². The number of aromatic nitrogens is 3. The molecule has 0 aliphatic rings. The summed E-state index contributed by atoms with van der Waals surface area (Å²) in [6, 6.07) is 17.9. The minimum Gasteiger partial charge on any atom is -0.356 e. The van der Waals surface area contributed by atoms with Gasteiger partial charge in [-0.2, -0.15) is 5.26 Å². The SMILES string of the molecule is N#C[C@@H](C(=O)c1cc(-c2ccccc2Cl)on1)c1nc2ccccc2[nH]1. The van der Waals surface area contributed by atoms with E-state index in [9.17, 15) is 10.1 Å². The summed E-state index contributed by atoms with van der Waals surface area (Å²) in [6.07, 6.45) is 0. The van der Waals surface area contributed by atoms with E-state index < -0.39 is 11.7 Å². The van der Waals surface area contributed by atoms with Gasteiger partial charge in [0.2, 0.25) is 5.78 Å². The van der Waals surface area contributed by atoms with Gasteiger partial charge in [-0.25, -0.2) is 4.98 Å². The van der Waals surface area contributed by atoms with Crippen molar-refractivity contribution in [3.8, 4) is 17.4 Å². The third-order valence-electron chi connectivity index (χ3n) is 3.97. The second-order valence-corrected chi connectivity index (χ2v) is 6.03. The summed E-state index contributed by atoms with van der Waals surface area (Å²) < 4.78 is 5.25. The molecule has 4 rings (SSSR count). The van der Waals surface area contributed by atoms with Gasteiger partial charge in [0.15, 0.2) is 17.4 Å². The van der Waals surface area contributed by atoms with Crippen molar-refractivity contribution in [2.45, 2.75) is 5.92 Å². The summed E-state index contributed by atoms with van der Waals surface area (Å²) in [7, 11) is 0. The molecule has 0 amide bonds. The van der Waals surface area contributed by atoms with E-state index >= 15 is 0 Å². The van der Waals surface area contributed by atoms with Gasteiger partial charge in [0.05, 0.1) is 22.1 Å². The maximum atomic E-state index is 12.7. The van der Waals surface area contributed by atoms with Crippen molar-refractivity contribution in [1.82, 2.24) is 15.1 Å². The number of fused-ring (bicyclic) bond motifs is 1. The van der Waals surface area contributed by atoms with Crippen LogP contribution in [0.5, 0.6) is 0 Å². The van der Waals surface area contributed by atoms with Gasteiger partial charge in [-0.15, -0.1) is 0 Å². The molecule has 0 aliphatic carbocycles. The minimum absolute atomic E-state index is 0.0481. The van der Waals surface area contributed by atoms with Crippen molar-refractivity contribution >= 4 is 28.4 Å². The number of carbonyl (C=O) groups is 1. The highest BCUT2D eigenvalue weighted by molar-refractivity contribution is 6.33. The van der Waals surface area contributed by atoms with Crippen LogP contribution in [0.15, 0.2) is 59.1 Å². The average molecular weight is 363 g/mol. The second-order valence-electron chi connectivity index (χ2n) is 5.62. The van der Waals surface area contributed by atoms with Crippen LogP contribution in [-0.4, -0.2) is 20.9 Å². The molecule has 2 aromatic carbocycles. The molecule has 0 bridgehead atoms. The van der Waals surface area contributed by atoms with Crippen LogP contribution >= 0.6 is 11.6 Å². The highest BCUT2D eigenvalue weighted by Crippen LogP contribution is 2.29. The summed E-state index contributed by atoms with van der Waals surface area (Å²) in [5.74, 6) is -0.957. The monoisotopic (exact) mass is 362 g/mol. The lowest BCUT2D eigenvalue weighted by molar-refractivity contribution is 0.0968. The van der Waals surface area contributed by atoms with Gasteiger partial charge in [-0.05, 0) is 24.3 Å². The number of para-hydroxylation sites is 2. The van der Waals surface area contributed by atoms with E-state index in [0.717, 1.165) is 5.52 Å². The first-order valence-corrected chi connectivity index (χ1v) is 8.15. The molecule has 1 atom stereocenters. The zero-order valence-electron chi connectivity index (χ0n) is 13.3. The van der Waals surface area contributed by atoms with Crippen LogP contribution in [0.4, 0.5) is 0 Å². The Labute approximate surface area is 153 Å². The minimum atomic E-state index is -1.11. The number of halogens is 1. The molecule has 126 valence electrons. The lowest BCUT2D eigenvalue weighted by Gasteiger charge is -2.01. The quantitative estimate of drug-likeness (QED) is 0.544. The molecule has 0 fully saturated rings. The Bertz CT molecular complexity index is 1120. The number of hydrogen-bond acceptors (Lipinski definition) is 5. The van der Waals surface area contributed by atoms with E-state index in [0.29, 0.717) is 21.9 Å². The topological polar surface area (TPSA) is 95.6 Å². The maximum absolute atomic E-state index is 12.7. The van der Waals surface area contributed by atoms with E-state index in [4.69, 9.17) is 16.1 Å². The number of carbonyl (C=O) groups excluding carboxylic acids is 1. The standard InChI is InChI=1S/C19H11ClN4O2/c20-13-6-2-1-5-11(13)17-9-16(24-26-17)18(25)12(10-21)19-22-14-7-3-4-8-15(14)23-19/h1-9,12H,(H,22,23)/t12-/m0/s1. The molecule has 6 nitrogen and oxygen atoms in total. The molecule has 0 saturated carbocycles. The van der Waals surface area contributed by atoms with Gasteiger partial charge in [0.25, 0.3) is 0 Å². The Morgan fingerprint density at radius 3 is 2.73 bits per heavy atom. The zero-order chi connectivity index (χ0) is 18.1. The number of rotatable bonds is 4. The first-order valence-electron chi connectivity index (χ1n) is 7.77. The Balaban J connectivity index is 1.68. The molecular weight excluding hydrogens is 352 g/mol. The van der Waals surface area contributed by atoms with Crippen LogP contribution in [0.1, 0.15) is 22.2 Å². The number of nitrogens with one attached hydrogen (secondary N) is 1. The van der Waals surface area contributed by atoms with Crippen molar-refractivity contribution in [2.24, 2.45) is 0 Å². The third-order valence-corrected chi connectivity index (χ3v) is 4.30. The number of nitrogens with zero attached hydrogens (tertiary/aromatic N) is 3. The Morgan fingerprint density at radius 2 is 1.96 bits per heavy atom. The molecule has 0 saturated heterocycles. The fourth-order valence-electron chi connectivity index (χ4n) is 2.68. The van der Waals surface area contributed by atoms with Crippen LogP contribution < -0.4 is 0 Å². The van der Waals surface area contributed by atoms with Crippen LogP contribution in [0.3, 0.4) is 0 Å². The predicted molar refractivity (Wildman–Crippen MR) is 95.7 cm³/mol. The molecule has 0 spiro atoms. The molecule has 2 aromatic heterocycles. The van der Waals surface area contributed by atoms with E-state index in [1.165, 1.54) is 6.07 Å². The number of nitriles is 1. The predicted octanol–water partition coefficient (Wildman–Crippen LogP) is 4.36. The molecule has 0 aliphatic heterocycles. The normalized spacial score (nSPS) is 12.0. The van der Waals surface area contributed by atoms with Crippen LogP contribution in [0.2, 0.25) is 5.02 Å². The first kappa shape index (κ1) is 16.1. The second kappa shape index (κ2) is 6.47.